The van der Waals surface area contributed by atoms with Gasteiger partial charge in [-0.15, -0.1) is 0 Å². The summed E-state index contributed by atoms with van der Waals surface area (Å²) >= 11 is 1.60. The van der Waals surface area contributed by atoms with E-state index in [1.807, 2.05) is 43.3 Å². The number of hydrogen-bond donors (Lipinski definition) is 0. The summed E-state index contributed by atoms with van der Waals surface area (Å²) in [5.74, 6) is 0.583. The van der Waals surface area contributed by atoms with Crippen molar-refractivity contribution in [2.75, 3.05) is 0 Å². The van der Waals surface area contributed by atoms with Crippen molar-refractivity contribution in [2.24, 2.45) is 10.9 Å². The van der Waals surface area contributed by atoms with Crippen molar-refractivity contribution >= 4 is 27.5 Å². The van der Waals surface area contributed by atoms with E-state index in [-0.39, 0.29) is 5.91 Å². The summed E-state index contributed by atoms with van der Waals surface area (Å²) in [4.78, 5) is 17.9. The fourth-order valence-corrected chi connectivity index (χ4v) is 3.84. The minimum absolute atomic E-state index is 0.154. The maximum atomic E-state index is 12.6. The molecule has 0 unspecified atom stereocenters. The number of carbonyl (C=O) groups is 1. The van der Waals surface area contributed by atoms with E-state index in [4.69, 9.17) is 0 Å². The fraction of sp³-hybridized carbons (Fsp3) is 0.263. The van der Waals surface area contributed by atoms with Crippen LogP contribution < -0.4 is 4.80 Å². The van der Waals surface area contributed by atoms with Gasteiger partial charge in [0.1, 0.15) is 0 Å². The van der Waals surface area contributed by atoms with Crippen LogP contribution in [0.3, 0.4) is 0 Å². The maximum absolute atomic E-state index is 12.6. The van der Waals surface area contributed by atoms with Crippen LogP contribution in [-0.2, 0) is 6.54 Å². The average molecular weight is 322 g/mol. The number of hydrogen-bond acceptors (Lipinski definition) is 2. The predicted molar refractivity (Wildman–Crippen MR) is 93.6 cm³/mol. The third-order valence-electron chi connectivity index (χ3n) is 4.30. The molecule has 1 heterocycles. The monoisotopic (exact) mass is 322 g/mol. The highest BCUT2D eigenvalue weighted by atomic mass is 32.1. The zero-order valence-electron chi connectivity index (χ0n) is 13.0. The Bertz CT molecular complexity index is 947. The second-order valence-electron chi connectivity index (χ2n) is 6.14. The van der Waals surface area contributed by atoms with E-state index in [1.165, 1.54) is 23.1 Å². The van der Waals surface area contributed by atoms with Gasteiger partial charge >= 0.3 is 0 Å². The van der Waals surface area contributed by atoms with Gasteiger partial charge in [-0.2, -0.15) is 4.99 Å². The second-order valence-corrected chi connectivity index (χ2v) is 7.15. The van der Waals surface area contributed by atoms with Crippen molar-refractivity contribution in [1.82, 2.24) is 4.57 Å². The van der Waals surface area contributed by atoms with Crippen LogP contribution in [0, 0.1) is 12.8 Å². The molecule has 4 heteroatoms. The highest BCUT2D eigenvalue weighted by molar-refractivity contribution is 7.16. The lowest BCUT2D eigenvalue weighted by Crippen LogP contribution is -2.18. The lowest BCUT2D eigenvalue weighted by Gasteiger charge is -2.04. The van der Waals surface area contributed by atoms with E-state index in [1.54, 1.807) is 11.3 Å². The molecule has 0 saturated heterocycles. The molecule has 1 aliphatic rings. The van der Waals surface area contributed by atoms with Gasteiger partial charge in [-0.1, -0.05) is 41.7 Å². The zero-order chi connectivity index (χ0) is 15.8. The molecule has 4 rings (SSSR count). The summed E-state index contributed by atoms with van der Waals surface area (Å²) in [5.41, 5.74) is 2.83. The van der Waals surface area contributed by atoms with Gasteiger partial charge in [0.25, 0.3) is 5.91 Å². The molecule has 0 radical (unpaired) electrons. The third kappa shape index (κ3) is 2.86. The van der Waals surface area contributed by atoms with Crippen molar-refractivity contribution in [1.29, 1.82) is 0 Å². The number of nitrogens with zero attached hydrogens (tertiary/aromatic N) is 2. The van der Waals surface area contributed by atoms with E-state index in [2.05, 4.69) is 21.7 Å². The number of amides is 1. The molecule has 2 aromatic carbocycles. The fourth-order valence-electron chi connectivity index (χ4n) is 2.80. The molecule has 0 bridgehead atoms. The number of rotatable bonds is 3. The van der Waals surface area contributed by atoms with Crippen molar-refractivity contribution < 1.29 is 4.79 Å². The summed E-state index contributed by atoms with van der Waals surface area (Å²) in [5, 5.41) is 0. The number of aromatic nitrogens is 1. The van der Waals surface area contributed by atoms with Crippen LogP contribution in [0.1, 0.15) is 28.8 Å². The maximum Gasteiger partial charge on any atom is 0.279 e. The Morgan fingerprint density at radius 2 is 1.91 bits per heavy atom. The quantitative estimate of drug-likeness (QED) is 0.713. The van der Waals surface area contributed by atoms with Crippen LogP contribution in [0.4, 0.5) is 0 Å². The largest absolute Gasteiger partial charge is 0.316 e. The SMILES string of the molecule is Cc1ccccc1C(=O)N=c1sc2ccccc2n1CC1CC1. The first kappa shape index (κ1) is 14.4. The van der Waals surface area contributed by atoms with Gasteiger partial charge in [-0.3, -0.25) is 4.79 Å². The molecule has 0 aliphatic heterocycles. The molecule has 116 valence electrons. The Kier molecular flexibility index (Phi) is 3.62. The highest BCUT2D eigenvalue weighted by Crippen LogP contribution is 2.31. The number of benzene rings is 2. The van der Waals surface area contributed by atoms with Crippen LogP contribution in [0.2, 0.25) is 0 Å². The Labute approximate surface area is 138 Å². The summed E-state index contributed by atoms with van der Waals surface area (Å²) in [7, 11) is 0. The smallest absolute Gasteiger partial charge is 0.279 e. The number of fused-ring (bicyclic) bond motifs is 1. The summed E-state index contributed by atoms with van der Waals surface area (Å²) in [6.07, 6.45) is 2.56. The Morgan fingerprint density at radius 3 is 2.70 bits per heavy atom. The van der Waals surface area contributed by atoms with Crippen LogP contribution in [0.15, 0.2) is 53.5 Å². The number of para-hydroxylation sites is 1. The van der Waals surface area contributed by atoms with Gasteiger partial charge < -0.3 is 4.57 Å². The first-order valence-corrected chi connectivity index (χ1v) is 8.77. The van der Waals surface area contributed by atoms with Crippen molar-refractivity contribution in [3.63, 3.8) is 0 Å². The van der Waals surface area contributed by atoms with Gasteiger partial charge in [0.2, 0.25) is 0 Å². The molecular weight excluding hydrogens is 304 g/mol. The van der Waals surface area contributed by atoms with Crippen LogP contribution in [0.25, 0.3) is 10.2 Å². The average Bonchev–Trinajstić information content (AvgIpc) is 3.31. The number of carbonyl (C=O) groups excluding carboxylic acids is 1. The Hall–Kier alpha value is -2.20. The molecule has 23 heavy (non-hydrogen) atoms. The van der Waals surface area contributed by atoms with Gasteiger partial charge in [0.05, 0.1) is 10.2 Å². The van der Waals surface area contributed by atoms with E-state index < -0.39 is 0 Å². The molecule has 1 aromatic heterocycles. The number of aryl methyl sites for hydroxylation is 1. The Morgan fingerprint density at radius 1 is 1.17 bits per heavy atom. The second kappa shape index (κ2) is 5.78. The van der Waals surface area contributed by atoms with Gasteiger partial charge in [-0.25, -0.2) is 0 Å². The van der Waals surface area contributed by atoms with E-state index in [9.17, 15) is 4.79 Å². The first-order valence-electron chi connectivity index (χ1n) is 7.95. The normalized spacial score (nSPS) is 15.3. The lowest BCUT2D eigenvalue weighted by molar-refractivity contribution is 0.0997. The van der Waals surface area contributed by atoms with Gasteiger partial charge in [0, 0.05) is 12.1 Å². The minimum Gasteiger partial charge on any atom is -0.316 e. The summed E-state index contributed by atoms with van der Waals surface area (Å²) in [6.45, 7) is 2.91. The lowest BCUT2D eigenvalue weighted by atomic mass is 10.1. The van der Waals surface area contributed by atoms with Crippen LogP contribution >= 0.6 is 11.3 Å². The first-order chi connectivity index (χ1) is 11.2. The molecule has 1 saturated carbocycles. The van der Waals surface area contributed by atoms with Gasteiger partial charge in [-0.05, 0) is 49.4 Å². The molecule has 0 atom stereocenters. The third-order valence-corrected chi connectivity index (χ3v) is 5.36. The minimum atomic E-state index is -0.154. The summed E-state index contributed by atoms with van der Waals surface area (Å²) in [6, 6.07) is 15.9. The molecule has 0 spiro atoms. The molecule has 3 aromatic rings. The van der Waals surface area contributed by atoms with E-state index in [0.717, 1.165) is 22.8 Å². The molecule has 1 fully saturated rings. The van der Waals surface area contributed by atoms with Gasteiger partial charge in [0.15, 0.2) is 4.80 Å². The molecule has 1 amide bonds. The highest BCUT2D eigenvalue weighted by Gasteiger charge is 2.23. The van der Waals surface area contributed by atoms with Crippen LogP contribution in [0.5, 0.6) is 0 Å². The molecule has 0 N–H and O–H groups in total. The molecule has 1 aliphatic carbocycles. The predicted octanol–water partition coefficient (Wildman–Crippen LogP) is 4.16. The Balaban J connectivity index is 1.84. The van der Waals surface area contributed by atoms with Crippen molar-refractivity contribution in [2.45, 2.75) is 26.3 Å². The zero-order valence-corrected chi connectivity index (χ0v) is 13.8. The van der Waals surface area contributed by atoms with E-state index >= 15 is 0 Å². The standard InChI is InChI=1S/C19H18N2OS/c1-13-6-2-3-7-15(13)18(22)20-19-21(12-14-10-11-14)16-8-4-5-9-17(16)23-19/h2-9,14H,10-12H2,1H3. The summed E-state index contributed by atoms with van der Waals surface area (Å²) < 4.78 is 3.40. The van der Waals surface area contributed by atoms with E-state index in [0.29, 0.717) is 5.56 Å². The molecule has 3 nitrogen and oxygen atoms in total. The topological polar surface area (TPSA) is 34.4 Å². The van der Waals surface area contributed by atoms with Crippen LogP contribution in [-0.4, -0.2) is 10.5 Å². The van der Waals surface area contributed by atoms with Crippen molar-refractivity contribution in [3.8, 4) is 0 Å². The molecular formula is C19H18N2OS. The van der Waals surface area contributed by atoms with Crippen molar-refractivity contribution in [3.05, 3.63) is 64.5 Å². The number of thiazole rings is 1.